The predicted octanol–water partition coefficient (Wildman–Crippen LogP) is -0.986. The molecule has 1 unspecified atom stereocenters. The third-order valence-electron chi connectivity index (χ3n) is 2.31. The van der Waals surface area contributed by atoms with E-state index in [0.29, 0.717) is 0 Å². The maximum atomic E-state index is 11.2. The highest BCUT2D eigenvalue weighted by molar-refractivity contribution is 7.91. The third-order valence-corrected chi connectivity index (χ3v) is 3.99. The van der Waals surface area contributed by atoms with E-state index in [1.165, 1.54) is 4.90 Å². The van der Waals surface area contributed by atoms with Crippen LogP contribution in [-0.4, -0.2) is 55.0 Å². The fourth-order valence-corrected chi connectivity index (χ4v) is 2.15. The van der Waals surface area contributed by atoms with Gasteiger partial charge in [-0.1, -0.05) is 6.92 Å². The minimum atomic E-state index is -3.02. The molecule has 0 bridgehead atoms. The van der Waals surface area contributed by atoms with Crippen molar-refractivity contribution in [2.45, 2.75) is 19.4 Å². The Morgan fingerprint density at radius 1 is 1.57 bits per heavy atom. The Bertz CT molecular complexity index is 311. The SMILES string of the molecule is CCS(=O)(=O)CCN1CC(O)CC1=O. The minimum Gasteiger partial charge on any atom is -0.391 e. The number of nitrogens with zero attached hydrogens (tertiary/aromatic N) is 1. The van der Waals surface area contributed by atoms with Crippen molar-refractivity contribution in [2.24, 2.45) is 0 Å². The molecule has 1 aliphatic rings. The molecule has 1 heterocycles. The lowest BCUT2D eigenvalue weighted by Crippen LogP contribution is -2.31. The monoisotopic (exact) mass is 221 g/mol. The Morgan fingerprint density at radius 2 is 2.21 bits per heavy atom. The van der Waals surface area contributed by atoms with E-state index in [1.807, 2.05) is 0 Å². The number of hydrogen-bond acceptors (Lipinski definition) is 4. The van der Waals surface area contributed by atoms with Crippen LogP contribution in [0, 0.1) is 0 Å². The van der Waals surface area contributed by atoms with Crippen LogP contribution in [0.3, 0.4) is 0 Å². The van der Waals surface area contributed by atoms with Crippen LogP contribution in [0.1, 0.15) is 13.3 Å². The molecule has 82 valence electrons. The van der Waals surface area contributed by atoms with Gasteiger partial charge in [0.05, 0.1) is 18.3 Å². The number of carbonyl (C=O) groups excluding carboxylic acids is 1. The van der Waals surface area contributed by atoms with Crippen LogP contribution < -0.4 is 0 Å². The van der Waals surface area contributed by atoms with E-state index in [-0.39, 0.29) is 36.9 Å². The van der Waals surface area contributed by atoms with Gasteiger partial charge in [-0.15, -0.1) is 0 Å². The van der Waals surface area contributed by atoms with Crippen LogP contribution >= 0.6 is 0 Å². The zero-order chi connectivity index (χ0) is 10.8. The molecule has 1 aliphatic heterocycles. The van der Waals surface area contributed by atoms with Crippen LogP contribution in [0.15, 0.2) is 0 Å². The van der Waals surface area contributed by atoms with Crippen molar-refractivity contribution in [3.05, 3.63) is 0 Å². The molecule has 1 N–H and O–H groups in total. The van der Waals surface area contributed by atoms with Gasteiger partial charge in [-0.25, -0.2) is 8.42 Å². The van der Waals surface area contributed by atoms with E-state index in [0.717, 1.165) is 0 Å². The van der Waals surface area contributed by atoms with E-state index < -0.39 is 15.9 Å². The molecular weight excluding hydrogens is 206 g/mol. The molecule has 0 aromatic heterocycles. The Hall–Kier alpha value is -0.620. The first-order valence-corrected chi connectivity index (χ1v) is 6.43. The average Bonchev–Trinajstić information content (AvgIpc) is 2.42. The normalized spacial score (nSPS) is 23.1. The van der Waals surface area contributed by atoms with Crippen LogP contribution in [-0.2, 0) is 14.6 Å². The number of aliphatic hydroxyl groups excluding tert-OH is 1. The van der Waals surface area contributed by atoms with Gasteiger partial charge in [0.2, 0.25) is 5.91 Å². The molecule has 1 saturated heterocycles. The highest BCUT2D eigenvalue weighted by Crippen LogP contribution is 2.10. The summed E-state index contributed by atoms with van der Waals surface area (Å²) in [5.74, 6) is -0.0803. The average molecular weight is 221 g/mol. The van der Waals surface area contributed by atoms with Gasteiger partial charge in [0, 0.05) is 18.8 Å². The van der Waals surface area contributed by atoms with Crippen molar-refractivity contribution < 1.29 is 18.3 Å². The van der Waals surface area contributed by atoms with Gasteiger partial charge >= 0.3 is 0 Å². The molecule has 0 aromatic rings. The first-order chi connectivity index (χ1) is 6.44. The summed E-state index contributed by atoms with van der Waals surface area (Å²) < 4.78 is 22.3. The second-order valence-corrected chi connectivity index (χ2v) is 5.91. The Labute approximate surface area is 83.6 Å². The summed E-state index contributed by atoms with van der Waals surface area (Å²) in [5.41, 5.74) is 0. The topological polar surface area (TPSA) is 74.7 Å². The summed E-state index contributed by atoms with van der Waals surface area (Å²) in [6.07, 6.45) is -0.515. The van der Waals surface area contributed by atoms with Gasteiger partial charge in [-0.3, -0.25) is 4.79 Å². The second kappa shape index (κ2) is 4.27. The van der Waals surface area contributed by atoms with Gasteiger partial charge < -0.3 is 10.0 Å². The number of carbonyl (C=O) groups is 1. The molecule has 1 fully saturated rings. The summed E-state index contributed by atoms with van der Waals surface area (Å²) in [6, 6.07) is 0. The van der Waals surface area contributed by atoms with Gasteiger partial charge in [0.15, 0.2) is 9.84 Å². The molecule has 0 spiro atoms. The van der Waals surface area contributed by atoms with E-state index in [4.69, 9.17) is 5.11 Å². The van der Waals surface area contributed by atoms with E-state index in [2.05, 4.69) is 0 Å². The van der Waals surface area contributed by atoms with Crippen molar-refractivity contribution in [2.75, 3.05) is 24.6 Å². The zero-order valence-electron chi connectivity index (χ0n) is 8.14. The number of likely N-dealkylation sites (tertiary alicyclic amines) is 1. The lowest BCUT2D eigenvalue weighted by atomic mass is 10.3. The van der Waals surface area contributed by atoms with Crippen LogP contribution in [0.4, 0.5) is 0 Å². The first-order valence-electron chi connectivity index (χ1n) is 4.61. The number of β-amino-alcohol motifs (C(OH)–C–C–N with tert-alkyl or cyclic N) is 1. The van der Waals surface area contributed by atoms with Crippen molar-refractivity contribution in [1.82, 2.24) is 4.90 Å². The van der Waals surface area contributed by atoms with Gasteiger partial charge in [0.1, 0.15) is 0 Å². The first kappa shape index (κ1) is 11.5. The lowest BCUT2D eigenvalue weighted by molar-refractivity contribution is -0.127. The van der Waals surface area contributed by atoms with Crippen LogP contribution in [0.5, 0.6) is 0 Å². The van der Waals surface area contributed by atoms with Crippen LogP contribution in [0.2, 0.25) is 0 Å². The largest absolute Gasteiger partial charge is 0.391 e. The molecule has 1 rings (SSSR count). The molecule has 1 amide bonds. The van der Waals surface area contributed by atoms with E-state index >= 15 is 0 Å². The summed E-state index contributed by atoms with van der Waals surface area (Å²) >= 11 is 0. The highest BCUT2D eigenvalue weighted by atomic mass is 32.2. The Kier molecular flexibility index (Phi) is 3.49. The number of sulfone groups is 1. The predicted molar refractivity (Wildman–Crippen MR) is 51.5 cm³/mol. The fourth-order valence-electron chi connectivity index (χ4n) is 1.36. The van der Waals surface area contributed by atoms with Crippen molar-refractivity contribution in [1.29, 1.82) is 0 Å². The number of rotatable bonds is 4. The smallest absolute Gasteiger partial charge is 0.225 e. The zero-order valence-corrected chi connectivity index (χ0v) is 8.96. The molecule has 0 saturated carbocycles. The minimum absolute atomic E-state index is 0.0119. The highest BCUT2D eigenvalue weighted by Gasteiger charge is 2.28. The third kappa shape index (κ3) is 2.95. The molecular formula is C8H15NO4S. The Morgan fingerprint density at radius 3 is 2.64 bits per heavy atom. The lowest BCUT2D eigenvalue weighted by Gasteiger charge is -2.14. The molecule has 5 nitrogen and oxygen atoms in total. The standard InChI is InChI=1S/C8H15NO4S/c1-2-14(12,13)4-3-9-6-7(10)5-8(9)11/h7,10H,2-6H2,1H3. The summed E-state index contributed by atoms with van der Waals surface area (Å²) in [6.45, 7) is 2.04. The summed E-state index contributed by atoms with van der Waals surface area (Å²) in [7, 11) is -3.02. The van der Waals surface area contributed by atoms with Crippen LogP contribution in [0.25, 0.3) is 0 Å². The molecule has 6 heteroatoms. The van der Waals surface area contributed by atoms with Crippen molar-refractivity contribution >= 4 is 15.7 Å². The van der Waals surface area contributed by atoms with Crippen molar-refractivity contribution in [3.8, 4) is 0 Å². The maximum absolute atomic E-state index is 11.2. The Balaban J connectivity index is 2.43. The quantitative estimate of drug-likeness (QED) is 0.661. The number of hydrogen-bond donors (Lipinski definition) is 1. The van der Waals surface area contributed by atoms with E-state index in [9.17, 15) is 13.2 Å². The molecule has 0 radical (unpaired) electrons. The summed E-state index contributed by atoms with van der Waals surface area (Å²) in [4.78, 5) is 12.6. The van der Waals surface area contributed by atoms with Crippen molar-refractivity contribution in [3.63, 3.8) is 0 Å². The second-order valence-electron chi connectivity index (χ2n) is 3.43. The maximum Gasteiger partial charge on any atom is 0.225 e. The summed E-state index contributed by atoms with van der Waals surface area (Å²) in [5, 5.41) is 9.14. The molecule has 1 atom stereocenters. The van der Waals surface area contributed by atoms with Gasteiger partial charge in [-0.05, 0) is 0 Å². The molecule has 0 aliphatic carbocycles. The van der Waals surface area contributed by atoms with Gasteiger partial charge in [-0.2, -0.15) is 0 Å². The fraction of sp³-hybridized carbons (Fsp3) is 0.875. The molecule has 0 aromatic carbocycles. The number of amides is 1. The van der Waals surface area contributed by atoms with Gasteiger partial charge in [0.25, 0.3) is 0 Å². The molecule has 14 heavy (non-hydrogen) atoms. The van der Waals surface area contributed by atoms with E-state index in [1.54, 1.807) is 6.92 Å². The number of aliphatic hydroxyl groups is 1.